The summed E-state index contributed by atoms with van der Waals surface area (Å²) >= 11 is 14.0. The van der Waals surface area contributed by atoms with Crippen LogP contribution in [0.15, 0.2) is 42.5 Å². The number of rotatable bonds is 4. The van der Waals surface area contributed by atoms with E-state index in [4.69, 9.17) is 23.2 Å². The molecule has 0 aliphatic rings. The summed E-state index contributed by atoms with van der Waals surface area (Å²) in [7, 11) is 0. The molecule has 0 fully saturated rings. The van der Waals surface area contributed by atoms with Gasteiger partial charge in [-0.05, 0) is 64.9 Å². The molecule has 0 saturated carbocycles. The quantitative estimate of drug-likeness (QED) is 0.656. The Balaban J connectivity index is 1.80. The molecular formula is C15H13Cl2IN2O. The van der Waals surface area contributed by atoms with Crippen LogP contribution in [0.5, 0.6) is 0 Å². The largest absolute Gasteiger partial charge is 0.338 e. The van der Waals surface area contributed by atoms with Crippen molar-refractivity contribution in [2.75, 3.05) is 11.9 Å². The van der Waals surface area contributed by atoms with Crippen LogP contribution >= 0.6 is 45.8 Å². The van der Waals surface area contributed by atoms with E-state index in [9.17, 15) is 4.79 Å². The zero-order valence-corrected chi connectivity index (χ0v) is 14.7. The van der Waals surface area contributed by atoms with Crippen molar-refractivity contribution in [1.29, 1.82) is 0 Å². The minimum absolute atomic E-state index is 0.225. The molecule has 0 aliphatic carbocycles. The van der Waals surface area contributed by atoms with E-state index in [1.54, 1.807) is 6.07 Å². The molecule has 0 unspecified atom stereocenters. The van der Waals surface area contributed by atoms with Crippen molar-refractivity contribution in [1.82, 2.24) is 5.32 Å². The summed E-state index contributed by atoms with van der Waals surface area (Å²) in [6.07, 6.45) is 0.691. The van der Waals surface area contributed by atoms with Crippen LogP contribution in [-0.4, -0.2) is 12.6 Å². The Kier molecular flexibility index (Phi) is 6.14. The predicted octanol–water partition coefficient (Wildman–Crippen LogP) is 4.96. The average Bonchev–Trinajstić information content (AvgIpc) is 2.43. The number of hydrogen-bond acceptors (Lipinski definition) is 1. The molecule has 21 heavy (non-hydrogen) atoms. The molecule has 3 nitrogen and oxygen atoms in total. The van der Waals surface area contributed by atoms with Crippen molar-refractivity contribution in [2.24, 2.45) is 0 Å². The fourth-order valence-corrected chi connectivity index (χ4v) is 2.62. The zero-order chi connectivity index (χ0) is 15.2. The van der Waals surface area contributed by atoms with Crippen LogP contribution in [0.2, 0.25) is 10.0 Å². The van der Waals surface area contributed by atoms with Gasteiger partial charge in [-0.1, -0.05) is 35.3 Å². The fraction of sp³-hybridized carbons (Fsp3) is 0.133. The van der Waals surface area contributed by atoms with E-state index in [-0.39, 0.29) is 6.03 Å². The van der Waals surface area contributed by atoms with E-state index in [0.717, 1.165) is 14.8 Å². The fourth-order valence-electron chi connectivity index (χ4n) is 1.76. The Morgan fingerprint density at radius 1 is 1.10 bits per heavy atom. The van der Waals surface area contributed by atoms with Crippen LogP contribution in [0.1, 0.15) is 5.56 Å². The number of amides is 2. The average molecular weight is 435 g/mol. The minimum Gasteiger partial charge on any atom is -0.338 e. The number of hydrogen-bond donors (Lipinski definition) is 2. The molecule has 0 aliphatic heterocycles. The number of urea groups is 1. The number of carbonyl (C=O) groups is 1. The van der Waals surface area contributed by atoms with Gasteiger partial charge in [-0.2, -0.15) is 0 Å². The number of nitrogens with one attached hydrogen (secondary N) is 2. The van der Waals surface area contributed by atoms with Crippen LogP contribution in [0, 0.1) is 3.57 Å². The molecule has 2 N–H and O–H groups in total. The van der Waals surface area contributed by atoms with E-state index >= 15 is 0 Å². The van der Waals surface area contributed by atoms with Crippen molar-refractivity contribution in [3.8, 4) is 0 Å². The van der Waals surface area contributed by atoms with E-state index in [1.807, 2.05) is 36.4 Å². The first kappa shape index (κ1) is 16.4. The van der Waals surface area contributed by atoms with Gasteiger partial charge in [-0.25, -0.2) is 4.79 Å². The maximum absolute atomic E-state index is 11.8. The lowest BCUT2D eigenvalue weighted by atomic mass is 10.1. The van der Waals surface area contributed by atoms with Gasteiger partial charge >= 0.3 is 6.03 Å². The highest BCUT2D eigenvalue weighted by atomic mass is 127. The monoisotopic (exact) mass is 434 g/mol. The van der Waals surface area contributed by atoms with Crippen LogP contribution in [0.4, 0.5) is 10.5 Å². The molecule has 110 valence electrons. The number of carbonyl (C=O) groups excluding carboxylic acids is 1. The summed E-state index contributed by atoms with van der Waals surface area (Å²) in [5.74, 6) is 0. The van der Waals surface area contributed by atoms with Gasteiger partial charge in [0.1, 0.15) is 0 Å². The third kappa shape index (κ3) is 5.37. The van der Waals surface area contributed by atoms with Crippen molar-refractivity contribution in [3.05, 3.63) is 61.6 Å². The third-order valence-electron chi connectivity index (χ3n) is 2.77. The smallest absolute Gasteiger partial charge is 0.319 e. The SMILES string of the molecule is O=C(NCCc1ccc(Cl)c(Cl)c1)Nc1cccc(I)c1. The normalized spacial score (nSPS) is 10.2. The highest BCUT2D eigenvalue weighted by Gasteiger charge is 2.03. The second kappa shape index (κ2) is 7.87. The van der Waals surface area contributed by atoms with Crippen LogP contribution < -0.4 is 10.6 Å². The molecule has 0 heterocycles. The lowest BCUT2D eigenvalue weighted by Crippen LogP contribution is -2.30. The van der Waals surface area contributed by atoms with E-state index in [1.165, 1.54) is 0 Å². The van der Waals surface area contributed by atoms with Crippen molar-refractivity contribution >= 4 is 57.5 Å². The van der Waals surface area contributed by atoms with Gasteiger partial charge in [0.05, 0.1) is 10.0 Å². The second-order valence-electron chi connectivity index (χ2n) is 4.39. The Labute approximate surface area is 147 Å². The number of anilines is 1. The van der Waals surface area contributed by atoms with E-state index < -0.39 is 0 Å². The number of halogens is 3. The maximum atomic E-state index is 11.8. The standard InChI is InChI=1S/C15H13Cl2IN2O/c16-13-5-4-10(8-14(13)17)6-7-19-15(21)20-12-3-1-2-11(18)9-12/h1-5,8-9H,6-7H2,(H2,19,20,21). The minimum atomic E-state index is -0.225. The molecule has 2 amide bonds. The van der Waals surface area contributed by atoms with Crippen molar-refractivity contribution < 1.29 is 4.79 Å². The second-order valence-corrected chi connectivity index (χ2v) is 6.45. The molecule has 2 rings (SSSR count). The van der Waals surface area contributed by atoms with Gasteiger partial charge < -0.3 is 10.6 Å². The van der Waals surface area contributed by atoms with Crippen LogP contribution in [0.25, 0.3) is 0 Å². The van der Waals surface area contributed by atoms with Crippen molar-refractivity contribution in [2.45, 2.75) is 6.42 Å². The molecule has 2 aromatic rings. The summed E-state index contributed by atoms with van der Waals surface area (Å²) in [5, 5.41) is 6.65. The third-order valence-corrected chi connectivity index (χ3v) is 4.18. The molecular weight excluding hydrogens is 422 g/mol. The summed E-state index contributed by atoms with van der Waals surface area (Å²) < 4.78 is 1.07. The Morgan fingerprint density at radius 3 is 2.62 bits per heavy atom. The van der Waals surface area contributed by atoms with Gasteiger partial charge in [-0.15, -0.1) is 0 Å². The Hall–Kier alpha value is -0.980. The van der Waals surface area contributed by atoms with Gasteiger partial charge in [0.2, 0.25) is 0 Å². The first-order chi connectivity index (χ1) is 10.0. The summed E-state index contributed by atoms with van der Waals surface area (Å²) in [6, 6.07) is 12.8. The van der Waals surface area contributed by atoms with E-state index in [2.05, 4.69) is 33.2 Å². The topological polar surface area (TPSA) is 41.1 Å². The molecule has 2 aromatic carbocycles. The lowest BCUT2D eigenvalue weighted by Gasteiger charge is -2.08. The summed E-state index contributed by atoms with van der Waals surface area (Å²) in [6.45, 7) is 0.522. The Morgan fingerprint density at radius 2 is 1.90 bits per heavy atom. The van der Waals surface area contributed by atoms with Gasteiger partial charge in [0.15, 0.2) is 0 Å². The molecule has 0 saturated heterocycles. The maximum Gasteiger partial charge on any atom is 0.319 e. The molecule has 0 bridgehead atoms. The Bertz CT molecular complexity index is 649. The molecule has 0 radical (unpaired) electrons. The summed E-state index contributed by atoms with van der Waals surface area (Å²) in [5.41, 5.74) is 1.80. The van der Waals surface area contributed by atoms with Gasteiger partial charge in [0.25, 0.3) is 0 Å². The van der Waals surface area contributed by atoms with Gasteiger partial charge in [0, 0.05) is 15.8 Å². The number of benzene rings is 2. The molecule has 6 heteroatoms. The van der Waals surface area contributed by atoms with Gasteiger partial charge in [-0.3, -0.25) is 0 Å². The van der Waals surface area contributed by atoms with Crippen molar-refractivity contribution in [3.63, 3.8) is 0 Å². The lowest BCUT2D eigenvalue weighted by molar-refractivity contribution is 0.252. The summed E-state index contributed by atoms with van der Waals surface area (Å²) in [4.78, 5) is 11.8. The molecule has 0 atom stereocenters. The first-order valence-electron chi connectivity index (χ1n) is 6.29. The highest BCUT2D eigenvalue weighted by molar-refractivity contribution is 14.1. The highest BCUT2D eigenvalue weighted by Crippen LogP contribution is 2.22. The van der Waals surface area contributed by atoms with Crippen LogP contribution in [0.3, 0.4) is 0 Å². The molecule has 0 spiro atoms. The molecule has 0 aromatic heterocycles. The first-order valence-corrected chi connectivity index (χ1v) is 8.12. The predicted molar refractivity (Wildman–Crippen MR) is 96.3 cm³/mol. The van der Waals surface area contributed by atoms with E-state index in [0.29, 0.717) is 23.0 Å². The zero-order valence-electron chi connectivity index (χ0n) is 11.0. The van der Waals surface area contributed by atoms with Crippen LogP contribution in [-0.2, 0) is 6.42 Å².